The minimum atomic E-state index is -0.322. The smallest absolute Gasteiger partial charge is 0.286 e. The van der Waals surface area contributed by atoms with Crippen LogP contribution in [0.2, 0.25) is 0 Å². The van der Waals surface area contributed by atoms with Gasteiger partial charge in [0.15, 0.2) is 0 Å². The number of nitrogens with one attached hydrogen (secondary N) is 3. The van der Waals surface area contributed by atoms with Crippen LogP contribution in [0.5, 0.6) is 0 Å². The quantitative estimate of drug-likeness (QED) is 0.370. The van der Waals surface area contributed by atoms with E-state index in [0.717, 1.165) is 29.8 Å². The number of benzene rings is 2. The summed E-state index contributed by atoms with van der Waals surface area (Å²) < 4.78 is 0. The van der Waals surface area contributed by atoms with Gasteiger partial charge in [-0.05, 0) is 55.7 Å². The third-order valence-electron chi connectivity index (χ3n) is 5.11. The van der Waals surface area contributed by atoms with E-state index in [4.69, 9.17) is 0 Å². The Morgan fingerprint density at radius 2 is 1.94 bits per heavy atom. The highest BCUT2D eigenvalue weighted by atomic mass is 32.1. The van der Waals surface area contributed by atoms with Gasteiger partial charge in [-0.25, -0.2) is 0 Å². The van der Waals surface area contributed by atoms with Gasteiger partial charge in [-0.3, -0.25) is 9.59 Å². The van der Waals surface area contributed by atoms with Crippen LogP contribution in [0.1, 0.15) is 49.6 Å². The first-order valence-corrected chi connectivity index (χ1v) is 11.4. The second-order valence-corrected chi connectivity index (χ2v) is 8.72. The van der Waals surface area contributed by atoms with Gasteiger partial charge in [0.25, 0.3) is 11.8 Å². The van der Waals surface area contributed by atoms with Gasteiger partial charge in [-0.1, -0.05) is 36.0 Å². The summed E-state index contributed by atoms with van der Waals surface area (Å²) in [4.78, 5) is 28.3. The topological polar surface area (TPSA) is 99.8 Å². The number of anilines is 1. The number of fused-ring (bicyclic) bond motifs is 1. The lowest BCUT2D eigenvalue weighted by atomic mass is 10.1. The highest BCUT2D eigenvalue weighted by Gasteiger charge is 2.14. The third kappa shape index (κ3) is 5.03. The molecule has 4 rings (SSSR count). The predicted octanol–water partition coefficient (Wildman–Crippen LogP) is 4.51. The lowest BCUT2D eigenvalue weighted by Gasteiger charge is -2.08. The van der Waals surface area contributed by atoms with Crippen molar-refractivity contribution in [2.75, 3.05) is 11.9 Å². The van der Waals surface area contributed by atoms with Gasteiger partial charge < -0.3 is 15.6 Å². The lowest BCUT2D eigenvalue weighted by Crippen LogP contribution is -2.25. The van der Waals surface area contributed by atoms with Crippen molar-refractivity contribution in [3.63, 3.8) is 0 Å². The van der Waals surface area contributed by atoms with Gasteiger partial charge in [0.2, 0.25) is 5.01 Å². The number of rotatable bonds is 8. The first kappa shape index (κ1) is 21.7. The molecule has 8 heteroatoms. The largest absolute Gasteiger partial charge is 0.361 e. The summed E-state index contributed by atoms with van der Waals surface area (Å²) in [5.74, 6) is -0.504. The summed E-state index contributed by atoms with van der Waals surface area (Å²) in [6.07, 6.45) is 4.47. The number of carbonyl (C=O) groups excluding carboxylic acids is 2. The maximum Gasteiger partial charge on any atom is 0.286 e. The molecule has 0 radical (unpaired) electrons. The Morgan fingerprint density at radius 1 is 1.06 bits per heavy atom. The van der Waals surface area contributed by atoms with E-state index >= 15 is 0 Å². The van der Waals surface area contributed by atoms with E-state index in [2.05, 4.69) is 57.9 Å². The normalized spacial score (nSPS) is 10.9. The van der Waals surface area contributed by atoms with Gasteiger partial charge in [0.1, 0.15) is 5.01 Å². The van der Waals surface area contributed by atoms with Gasteiger partial charge in [0, 0.05) is 41.3 Å². The monoisotopic (exact) mass is 447 g/mol. The number of amides is 2. The molecule has 0 spiro atoms. The molecule has 2 amide bonds. The van der Waals surface area contributed by atoms with Gasteiger partial charge in [-0.15, -0.1) is 10.2 Å². The zero-order chi connectivity index (χ0) is 22.5. The number of hydrogen-bond acceptors (Lipinski definition) is 5. The highest BCUT2D eigenvalue weighted by molar-refractivity contribution is 7.13. The van der Waals surface area contributed by atoms with Crippen LogP contribution in [-0.2, 0) is 12.8 Å². The summed E-state index contributed by atoms with van der Waals surface area (Å²) in [7, 11) is 0. The number of carbonyl (C=O) groups is 2. The summed E-state index contributed by atoms with van der Waals surface area (Å²) in [5.41, 5.74) is 4.50. The maximum absolute atomic E-state index is 12.6. The molecule has 0 aliphatic rings. The molecule has 2 heterocycles. The molecule has 32 heavy (non-hydrogen) atoms. The number of aryl methyl sites for hydroxylation is 2. The van der Waals surface area contributed by atoms with E-state index in [-0.39, 0.29) is 11.8 Å². The third-order valence-corrected chi connectivity index (χ3v) is 6.09. The standard InChI is InChI=1S/C24H25N5O2S/c1-3-5-21-28-29-24(32-21)23(31)27-18-7-4-6-16(13-18)22(30)25-11-10-17-14-26-20-9-8-15(2)12-19(17)20/h4,6-9,12-14,26H,3,5,10-11H2,1-2H3,(H,25,30)(H,27,31). The Kier molecular flexibility index (Phi) is 6.61. The Hall–Kier alpha value is -3.52. The maximum atomic E-state index is 12.6. The molecular weight excluding hydrogens is 422 g/mol. The fraction of sp³-hybridized carbons (Fsp3) is 0.250. The zero-order valence-electron chi connectivity index (χ0n) is 18.1. The number of aromatic nitrogens is 3. The molecule has 0 saturated heterocycles. The van der Waals surface area contributed by atoms with Gasteiger partial charge in [-0.2, -0.15) is 0 Å². The van der Waals surface area contributed by atoms with Crippen LogP contribution in [0, 0.1) is 6.92 Å². The first-order chi connectivity index (χ1) is 15.5. The van der Waals surface area contributed by atoms with Crippen molar-refractivity contribution in [2.45, 2.75) is 33.1 Å². The molecule has 0 atom stereocenters. The van der Waals surface area contributed by atoms with Crippen LogP contribution in [0.4, 0.5) is 5.69 Å². The molecule has 0 fully saturated rings. The van der Waals surface area contributed by atoms with Crippen molar-refractivity contribution < 1.29 is 9.59 Å². The summed E-state index contributed by atoms with van der Waals surface area (Å²) in [5, 5.41) is 16.1. The minimum absolute atomic E-state index is 0.182. The van der Waals surface area contributed by atoms with E-state index in [1.807, 2.05) is 6.20 Å². The molecule has 0 aliphatic carbocycles. The first-order valence-electron chi connectivity index (χ1n) is 10.6. The predicted molar refractivity (Wildman–Crippen MR) is 127 cm³/mol. The fourth-order valence-corrected chi connectivity index (χ4v) is 4.33. The average Bonchev–Trinajstić information content (AvgIpc) is 3.41. The molecule has 0 saturated carbocycles. The molecule has 7 nitrogen and oxygen atoms in total. The number of nitrogens with zero attached hydrogens (tertiary/aromatic N) is 2. The minimum Gasteiger partial charge on any atom is -0.361 e. The van der Waals surface area contributed by atoms with Crippen molar-refractivity contribution >= 4 is 39.7 Å². The van der Waals surface area contributed by atoms with E-state index in [0.29, 0.717) is 22.8 Å². The van der Waals surface area contributed by atoms with Crippen LogP contribution < -0.4 is 10.6 Å². The number of aromatic amines is 1. The average molecular weight is 448 g/mol. The molecule has 2 aromatic heterocycles. The van der Waals surface area contributed by atoms with Crippen molar-refractivity contribution in [3.8, 4) is 0 Å². The van der Waals surface area contributed by atoms with Crippen molar-refractivity contribution in [2.24, 2.45) is 0 Å². The molecule has 164 valence electrons. The Bertz CT molecular complexity index is 1260. The SMILES string of the molecule is CCCc1nnc(C(=O)Nc2cccc(C(=O)NCCc3c[nH]c4ccc(C)cc34)c2)s1. The van der Waals surface area contributed by atoms with Crippen molar-refractivity contribution in [1.82, 2.24) is 20.5 Å². The van der Waals surface area contributed by atoms with E-state index in [1.54, 1.807) is 24.3 Å². The lowest BCUT2D eigenvalue weighted by molar-refractivity contribution is 0.0952. The highest BCUT2D eigenvalue weighted by Crippen LogP contribution is 2.20. The molecule has 0 unspecified atom stereocenters. The van der Waals surface area contributed by atoms with Crippen molar-refractivity contribution in [1.29, 1.82) is 0 Å². The molecular formula is C24H25N5O2S. The van der Waals surface area contributed by atoms with Gasteiger partial charge >= 0.3 is 0 Å². The fourth-order valence-electron chi connectivity index (χ4n) is 3.49. The van der Waals surface area contributed by atoms with Crippen molar-refractivity contribution in [3.05, 3.63) is 75.4 Å². The van der Waals surface area contributed by atoms with E-state index < -0.39 is 0 Å². The zero-order valence-corrected chi connectivity index (χ0v) is 18.9. The van der Waals surface area contributed by atoms with E-state index in [9.17, 15) is 9.59 Å². The summed E-state index contributed by atoms with van der Waals surface area (Å²) in [6, 6.07) is 13.2. The second-order valence-electron chi connectivity index (χ2n) is 7.65. The summed E-state index contributed by atoms with van der Waals surface area (Å²) in [6.45, 7) is 4.64. The second kappa shape index (κ2) is 9.74. The Morgan fingerprint density at radius 3 is 2.78 bits per heavy atom. The van der Waals surface area contributed by atoms with E-state index in [1.165, 1.54) is 27.8 Å². The summed E-state index contributed by atoms with van der Waals surface area (Å²) >= 11 is 1.29. The molecule has 0 bridgehead atoms. The van der Waals surface area contributed by atoms with Crippen LogP contribution >= 0.6 is 11.3 Å². The Labute approximate surface area is 190 Å². The molecule has 4 aromatic rings. The van der Waals surface area contributed by atoms with Gasteiger partial charge in [0.05, 0.1) is 0 Å². The molecule has 3 N–H and O–H groups in total. The van der Waals surface area contributed by atoms with Crippen LogP contribution in [0.15, 0.2) is 48.7 Å². The van der Waals surface area contributed by atoms with Crippen LogP contribution in [0.25, 0.3) is 10.9 Å². The van der Waals surface area contributed by atoms with Crippen LogP contribution in [-0.4, -0.2) is 33.5 Å². The molecule has 2 aromatic carbocycles. The molecule has 0 aliphatic heterocycles. The van der Waals surface area contributed by atoms with Crippen LogP contribution in [0.3, 0.4) is 0 Å². The number of hydrogen-bond donors (Lipinski definition) is 3. The number of H-pyrrole nitrogens is 1. The Balaban J connectivity index is 1.35.